The van der Waals surface area contributed by atoms with Gasteiger partial charge in [-0.05, 0) is 24.1 Å². The third-order valence-electron chi connectivity index (χ3n) is 2.21. The van der Waals surface area contributed by atoms with Gasteiger partial charge in [-0.2, -0.15) is 0 Å². The number of rotatable bonds is 2. The number of aromatic nitrogens is 3. The van der Waals surface area contributed by atoms with Gasteiger partial charge in [0.1, 0.15) is 0 Å². The van der Waals surface area contributed by atoms with Crippen molar-refractivity contribution in [2.24, 2.45) is 0 Å². The maximum atomic E-state index is 11.2. The second kappa shape index (κ2) is 3.49. The average Bonchev–Trinajstić information content (AvgIpc) is 2.56. The lowest BCUT2D eigenvalue weighted by molar-refractivity contribution is 0.754. The van der Waals surface area contributed by atoms with Gasteiger partial charge in [-0.25, -0.2) is 4.79 Å². The molecule has 0 saturated carbocycles. The summed E-state index contributed by atoms with van der Waals surface area (Å²) < 4.78 is 1.62. The van der Waals surface area contributed by atoms with E-state index < -0.39 is 0 Å². The van der Waals surface area contributed by atoms with Crippen LogP contribution in [-0.2, 0) is 6.54 Å². The van der Waals surface area contributed by atoms with Gasteiger partial charge in [-0.1, -0.05) is 0 Å². The number of nitrogens with zero attached hydrogens (tertiary/aromatic N) is 2. The molecule has 72 valence electrons. The lowest BCUT2D eigenvalue weighted by Gasteiger charge is -2.03. The number of nitrogens with one attached hydrogen (secondary N) is 1. The van der Waals surface area contributed by atoms with E-state index in [2.05, 4.69) is 9.97 Å². The number of aromatic amines is 1. The van der Waals surface area contributed by atoms with E-state index in [1.54, 1.807) is 29.4 Å². The molecule has 4 nitrogen and oxygen atoms in total. The third kappa shape index (κ3) is 1.59. The van der Waals surface area contributed by atoms with E-state index in [0.29, 0.717) is 6.54 Å². The Morgan fingerprint density at radius 1 is 1.57 bits per heavy atom. The van der Waals surface area contributed by atoms with Crippen molar-refractivity contribution < 1.29 is 0 Å². The Kier molecular flexibility index (Phi) is 2.18. The van der Waals surface area contributed by atoms with Crippen LogP contribution < -0.4 is 5.69 Å². The van der Waals surface area contributed by atoms with E-state index >= 15 is 0 Å². The number of imidazole rings is 1. The summed E-state index contributed by atoms with van der Waals surface area (Å²) >= 11 is 0. The first kappa shape index (κ1) is 8.74. The van der Waals surface area contributed by atoms with Crippen LogP contribution in [0.1, 0.15) is 11.1 Å². The lowest BCUT2D eigenvalue weighted by Crippen LogP contribution is -2.17. The fourth-order valence-electron chi connectivity index (χ4n) is 1.32. The van der Waals surface area contributed by atoms with Crippen molar-refractivity contribution in [3.05, 3.63) is 52.5 Å². The van der Waals surface area contributed by atoms with E-state index in [9.17, 15) is 4.79 Å². The molecule has 0 amide bonds. The Labute approximate surface area is 81.2 Å². The fraction of sp³-hybridized carbons (Fsp3) is 0.200. The normalized spacial score (nSPS) is 10.4. The number of H-pyrrole nitrogens is 1. The first-order valence-electron chi connectivity index (χ1n) is 4.40. The van der Waals surface area contributed by atoms with E-state index in [0.717, 1.165) is 11.1 Å². The van der Waals surface area contributed by atoms with E-state index in [1.807, 2.05) is 13.0 Å². The SMILES string of the molecule is Cc1ccncc1Cn1cc[nH]c1=O. The minimum absolute atomic E-state index is 0.0896. The molecule has 0 unspecified atom stereocenters. The molecule has 0 radical (unpaired) electrons. The van der Waals surface area contributed by atoms with Crippen molar-refractivity contribution in [3.63, 3.8) is 0 Å². The topological polar surface area (TPSA) is 50.7 Å². The molecule has 0 atom stereocenters. The smallest absolute Gasteiger partial charge is 0.313 e. The van der Waals surface area contributed by atoms with Gasteiger partial charge in [0.15, 0.2) is 0 Å². The van der Waals surface area contributed by atoms with Crippen LogP contribution in [0.4, 0.5) is 0 Å². The first-order valence-corrected chi connectivity index (χ1v) is 4.40. The zero-order chi connectivity index (χ0) is 9.97. The zero-order valence-corrected chi connectivity index (χ0v) is 7.90. The highest BCUT2D eigenvalue weighted by atomic mass is 16.1. The second-order valence-corrected chi connectivity index (χ2v) is 3.20. The van der Waals surface area contributed by atoms with Gasteiger partial charge in [-0.3, -0.25) is 9.55 Å². The highest BCUT2D eigenvalue weighted by Gasteiger charge is 2.00. The number of hydrogen-bond donors (Lipinski definition) is 1. The van der Waals surface area contributed by atoms with Gasteiger partial charge in [0, 0.05) is 24.8 Å². The molecule has 0 fully saturated rings. The standard InChI is InChI=1S/C10H11N3O/c1-8-2-3-11-6-9(8)7-13-5-4-12-10(13)14/h2-6H,7H2,1H3,(H,12,14). The zero-order valence-electron chi connectivity index (χ0n) is 7.90. The van der Waals surface area contributed by atoms with Crippen molar-refractivity contribution in [2.45, 2.75) is 13.5 Å². The minimum Gasteiger partial charge on any atom is -0.313 e. The molecule has 0 aliphatic heterocycles. The molecule has 2 rings (SSSR count). The Balaban J connectivity index is 2.32. The summed E-state index contributed by atoms with van der Waals surface area (Å²) in [6.07, 6.45) is 6.90. The summed E-state index contributed by atoms with van der Waals surface area (Å²) in [6, 6.07) is 1.94. The maximum Gasteiger partial charge on any atom is 0.325 e. The summed E-state index contributed by atoms with van der Waals surface area (Å²) in [5, 5.41) is 0. The predicted molar refractivity (Wildman–Crippen MR) is 53.1 cm³/mol. The van der Waals surface area contributed by atoms with Crippen molar-refractivity contribution in [3.8, 4) is 0 Å². The molecular weight excluding hydrogens is 178 g/mol. The van der Waals surface area contributed by atoms with Crippen molar-refractivity contribution in [1.29, 1.82) is 0 Å². The molecule has 0 saturated heterocycles. The lowest BCUT2D eigenvalue weighted by atomic mass is 10.1. The number of aryl methyl sites for hydroxylation is 1. The van der Waals surface area contributed by atoms with Gasteiger partial charge in [0.05, 0.1) is 6.54 Å². The molecule has 0 aliphatic carbocycles. The molecule has 2 aromatic rings. The highest BCUT2D eigenvalue weighted by Crippen LogP contribution is 2.05. The van der Waals surface area contributed by atoms with Gasteiger partial charge in [0.2, 0.25) is 0 Å². The quantitative estimate of drug-likeness (QED) is 0.764. The van der Waals surface area contributed by atoms with Gasteiger partial charge in [0.25, 0.3) is 0 Å². The Morgan fingerprint density at radius 2 is 2.43 bits per heavy atom. The Morgan fingerprint density at radius 3 is 3.07 bits per heavy atom. The van der Waals surface area contributed by atoms with Crippen LogP contribution in [0.3, 0.4) is 0 Å². The van der Waals surface area contributed by atoms with Crippen LogP contribution in [-0.4, -0.2) is 14.5 Å². The largest absolute Gasteiger partial charge is 0.325 e. The minimum atomic E-state index is -0.0896. The van der Waals surface area contributed by atoms with Crippen LogP contribution in [0, 0.1) is 6.92 Å². The molecular formula is C10H11N3O. The number of hydrogen-bond acceptors (Lipinski definition) is 2. The molecule has 0 bridgehead atoms. The van der Waals surface area contributed by atoms with Crippen LogP contribution in [0.2, 0.25) is 0 Å². The summed E-state index contributed by atoms with van der Waals surface area (Å²) in [5.74, 6) is 0. The Bertz CT molecular complexity index is 484. The van der Waals surface area contributed by atoms with E-state index in [4.69, 9.17) is 0 Å². The molecule has 14 heavy (non-hydrogen) atoms. The number of pyridine rings is 1. The Hall–Kier alpha value is -1.84. The van der Waals surface area contributed by atoms with Gasteiger partial charge in [-0.15, -0.1) is 0 Å². The van der Waals surface area contributed by atoms with Crippen molar-refractivity contribution in [1.82, 2.24) is 14.5 Å². The van der Waals surface area contributed by atoms with Crippen LogP contribution in [0.25, 0.3) is 0 Å². The molecule has 2 heterocycles. The average molecular weight is 189 g/mol. The highest BCUT2D eigenvalue weighted by molar-refractivity contribution is 5.21. The van der Waals surface area contributed by atoms with E-state index in [1.165, 1.54) is 0 Å². The second-order valence-electron chi connectivity index (χ2n) is 3.20. The molecule has 1 N–H and O–H groups in total. The molecule has 2 aromatic heterocycles. The molecule has 0 aliphatic rings. The van der Waals surface area contributed by atoms with Gasteiger partial charge >= 0.3 is 5.69 Å². The first-order chi connectivity index (χ1) is 6.77. The fourth-order valence-corrected chi connectivity index (χ4v) is 1.32. The summed E-state index contributed by atoms with van der Waals surface area (Å²) in [5.41, 5.74) is 2.12. The van der Waals surface area contributed by atoms with Crippen LogP contribution in [0.5, 0.6) is 0 Å². The molecule has 4 heteroatoms. The maximum absolute atomic E-state index is 11.2. The van der Waals surface area contributed by atoms with E-state index in [-0.39, 0.29) is 5.69 Å². The molecule has 0 spiro atoms. The summed E-state index contributed by atoms with van der Waals surface area (Å²) in [7, 11) is 0. The van der Waals surface area contributed by atoms with Crippen molar-refractivity contribution >= 4 is 0 Å². The van der Waals surface area contributed by atoms with Crippen LogP contribution >= 0.6 is 0 Å². The monoisotopic (exact) mass is 189 g/mol. The summed E-state index contributed by atoms with van der Waals surface area (Å²) in [6.45, 7) is 2.58. The third-order valence-corrected chi connectivity index (χ3v) is 2.21. The van der Waals surface area contributed by atoms with Gasteiger partial charge < -0.3 is 4.98 Å². The summed E-state index contributed by atoms with van der Waals surface area (Å²) in [4.78, 5) is 17.8. The van der Waals surface area contributed by atoms with Crippen LogP contribution in [0.15, 0.2) is 35.6 Å². The predicted octanol–water partition coefficient (Wildman–Crippen LogP) is 0.928. The van der Waals surface area contributed by atoms with Crippen molar-refractivity contribution in [2.75, 3.05) is 0 Å². The molecule has 0 aromatic carbocycles.